The summed E-state index contributed by atoms with van der Waals surface area (Å²) in [7, 11) is 0. The van der Waals surface area contributed by atoms with Crippen molar-refractivity contribution < 1.29 is 5.11 Å². The maximum Gasteiger partial charge on any atom is 0.129 e. The van der Waals surface area contributed by atoms with Crippen molar-refractivity contribution in [2.75, 3.05) is 6.26 Å². The first-order valence-electron chi connectivity index (χ1n) is 5.63. The molecule has 1 aliphatic carbocycles. The van der Waals surface area contributed by atoms with Gasteiger partial charge in [0.15, 0.2) is 0 Å². The zero-order chi connectivity index (χ0) is 11.9. The largest absolute Gasteiger partial charge is 0.507 e. The number of aryl methyl sites for hydroxylation is 1. The van der Waals surface area contributed by atoms with Crippen molar-refractivity contribution in [2.24, 2.45) is 5.73 Å². The van der Waals surface area contributed by atoms with Crippen molar-refractivity contribution in [1.29, 1.82) is 0 Å². The normalized spacial score (nSPS) is 21.5. The Bertz CT molecular complexity index is 420. The molecule has 1 unspecified atom stereocenters. The fraction of sp³-hybridized carbons (Fsp3) is 0.538. The zero-order valence-electron chi connectivity index (χ0n) is 10.5. The van der Waals surface area contributed by atoms with E-state index in [-0.39, 0.29) is 23.9 Å². The number of fused-ring (bicyclic) bond motifs is 1. The van der Waals surface area contributed by atoms with E-state index < -0.39 is 0 Å². The molecular weight excluding hydrogens is 254 g/mol. The summed E-state index contributed by atoms with van der Waals surface area (Å²) in [6.45, 7) is 4.35. The van der Waals surface area contributed by atoms with E-state index in [1.807, 2.05) is 12.3 Å². The maximum absolute atomic E-state index is 9.92. The van der Waals surface area contributed by atoms with E-state index in [2.05, 4.69) is 13.8 Å². The maximum atomic E-state index is 9.92. The van der Waals surface area contributed by atoms with Crippen molar-refractivity contribution in [2.45, 2.75) is 43.0 Å². The third-order valence-electron chi connectivity index (χ3n) is 3.72. The Morgan fingerprint density at radius 2 is 2.06 bits per heavy atom. The van der Waals surface area contributed by atoms with E-state index in [0.29, 0.717) is 5.75 Å². The lowest BCUT2D eigenvalue weighted by Crippen LogP contribution is -2.45. The SMILES string of the molecule is CSc1c(O)ccc2c1C(C)(C)C(N)CC2.Cl. The Hall–Kier alpha value is -0.380. The van der Waals surface area contributed by atoms with Crippen molar-refractivity contribution in [3.8, 4) is 5.75 Å². The molecule has 0 heterocycles. The minimum absolute atomic E-state index is 0. The standard InChI is InChI=1S/C13H19NOS.ClH/c1-13(2)10(14)7-5-8-4-6-9(15)12(16-3)11(8)13;/h4,6,10,15H,5,7,14H2,1-3H3;1H. The Kier molecular flexibility index (Phi) is 4.39. The van der Waals surface area contributed by atoms with Gasteiger partial charge in [-0.3, -0.25) is 0 Å². The van der Waals surface area contributed by atoms with Crippen LogP contribution >= 0.6 is 24.2 Å². The quantitative estimate of drug-likeness (QED) is 0.773. The molecule has 2 rings (SSSR count). The number of hydrogen-bond acceptors (Lipinski definition) is 3. The van der Waals surface area contributed by atoms with Gasteiger partial charge < -0.3 is 10.8 Å². The smallest absolute Gasteiger partial charge is 0.129 e. The summed E-state index contributed by atoms with van der Waals surface area (Å²) in [5.41, 5.74) is 8.75. The lowest BCUT2D eigenvalue weighted by atomic mass is 9.69. The highest BCUT2D eigenvalue weighted by atomic mass is 35.5. The van der Waals surface area contributed by atoms with Crippen molar-refractivity contribution in [3.05, 3.63) is 23.3 Å². The molecule has 0 saturated heterocycles. The third-order valence-corrected chi connectivity index (χ3v) is 4.54. The summed E-state index contributed by atoms with van der Waals surface area (Å²) < 4.78 is 0. The number of halogens is 1. The Balaban J connectivity index is 0.00000144. The van der Waals surface area contributed by atoms with Gasteiger partial charge in [-0.25, -0.2) is 0 Å². The van der Waals surface area contributed by atoms with Crippen LogP contribution < -0.4 is 5.73 Å². The highest BCUT2D eigenvalue weighted by Crippen LogP contribution is 2.44. The molecule has 1 atom stereocenters. The second kappa shape index (κ2) is 5.09. The highest BCUT2D eigenvalue weighted by Gasteiger charge is 2.36. The van der Waals surface area contributed by atoms with Crippen LogP contribution in [-0.2, 0) is 11.8 Å². The van der Waals surface area contributed by atoms with E-state index >= 15 is 0 Å². The van der Waals surface area contributed by atoms with E-state index in [1.165, 1.54) is 11.1 Å². The first kappa shape index (κ1) is 14.7. The number of hydrogen-bond donors (Lipinski definition) is 2. The lowest BCUT2D eigenvalue weighted by Gasteiger charge is -2.39. The molecule has 0 aromatic heterocycles. The van der Waals surface area contributed by atoms with Gasteiger partial charge in [0.2, 0.25) is 0 Å². The van der Waals surface area contributed by atoms with Crippen molar-refractivity contribution >= 4 is 24.2 Å². The molecule has 1 aromatic rings. The summed E-state index contributed by atoms with van der Waals surface area (Å²) >= 11 is 1.61. The molecule has 0 spiro atoms. The van der Waals surface area contributed by atoms with Crippen LogP contribution in [0.15, 0.2) is 17.0 Å². The predicted molar refractivity (Wildman–Crippen MR) is 76.5 cm³/mol. The minimum atomic E-state index is -0.0509. The Morgan fingerprint density at radius 3 is 2.65 bits per heavy atom. The van der Waals surface area contributed by atoms with E-state index in [9.17, 15) is 5.11 Å². The molecule has 0 saturated carbocycles. The van der Waals surface area contributed by atoms with E-state index in [0.717, 1.165) is 17.7 Å². The molecule has 17 heavy (non-hydrogen) atoms. The molecule has 0 fully saturated rings. The number of phenolic OH excluding ortho intramolecular Hbond substituents is 1. The van der Waals surface area contributed by atoms with E-state index in [4.69, 9.17) is 5.73 Å². The van der Waals surface area contributed by atoms with Gasteiger partial charge in [-0.05, 0) is 36.3 Å². The second-order valence-corrected chi connectivity index (χ2v) is 5.84. The first-order valence-corrected chi connectivity index (χ1v) is 6.86. The number of rotatable bonds is 1. The molecule has 0 amide bonds. The van der Waals surface area contributed by atoms with Crippen LogP contribution in [0, 0.1) is 0 Å². The Morgan fingerprint density at radius 1 is 1.41 bits per heavy atom. The number of benzene rings is 1. The van der Waals surface area contributed by atoms with Crippen LogP contribution in [0.5, 0.6) is 5.75 Å². The molecule has 2 nitrogen and oxygen atoms in total. The summed E-state index contributed by atoms with van der Waals surface area (Å²) in [6.07, 6.45) is 4.05. The Labute approximate surface area is 113 Å². The van der Waals surface area contributed by atoms with Gasteiger partial charge in [-0.1, -0.05) is 19.9 Å². The van der Waals surface area contributed by atoms with Crippen LogP contribution in [0.3, 0.4) is 0 Å². The zero-order valence-corrected chi connectivity index (χ0v) is 12.1. The van der Waals surface area contributed by atoms with Gasteiger partial charge in [0.25, 0.3) is 0 Å². The van der Waals surface area contributed by atoms with Crippen LogP contribution in [0.4, 0.5) is 0 Å². The molecule has 1 aromatic carbocycles. The summed E-state index contributed by atoms with van der Waals surface area (Å²) in [5, 5.41) is 9.92. The molecule has 4 heteroatoms. The summed E-state index contributed by atoms with van der Waals surface area (Å²) in [4.78, 5) is 0.998. The summed E-state index contributed by atoms with van der Waals surface area (Å²) in [6, 6.07) is 4.02. The van der Waals surface area contributed by atoms with Gasteiger partial charge in [0, 0.05) is 11.5 Å². The van der Waals surface area contributed by atoms with E-state index in [1.54, 1.807) is 17.8 Å². The lowest BCUT2D eigenvalue weighted by molar-refractivity contribution is 0.352. The average Bonchev–Trinajstić information content (AvgIpc) is 2.24. The van der Waals surface area contributed by atoms with Crippen molar-refractivity contribution in [3.63, 3.8) is 0 Å². The van der Waals surface area contributed by atoms with Crippen LogP contribution in [0.1, 0.15) is 31.4 Å². The number of phenols is 1. The topological polar surface area (TPSA) is 46.2 Å². The minimum Gasteiger partial charge on any atom is -0.507 e. The van der Waals surface area contributed by atoms with Gasteiger partial charge in [0.05, 0.1) is 4.90 Å². The predicted octanol–water partition coefficient (Wildman–Crippen LogP) is 3.09. The number of thioether (sulfide) groups is 1. The van der Waals surface area contributed by atoms with Gasteiger partial charge >= 0.3 is 0 Å². The fourth-order valence-electron chi connectivity index (χ4n) is 2.59. The summed E-state index contributed by atoms with van der Waals surface area (Å²) in [5.74, 6) is 0.383. The number of aromatic hydroxyl groups is 1. The molecule has 0 aliphatic heterocycles. The monoisotopic (exact) mass is 273 g/mol. The van der Waals surface area contributed by atoms with Gasteiger partial charge in [0.1, 0.15) is 5.75 Å². The van der Waals surface area contributed by atoms with Gasteiger partial charge in [-0.2, -0.15) is 0 Å². The van der Waals surface area contributed by atoms with Crippen LogP contribution in [-0.4, -0.2) is 17.4 Å². The fourth-order valence-corrected chi connectivity index (χ4v) is 3.47. The second-order valence-electron chi connectivity index (χ2n) is 5.02. The third kappa shape index (κ3) is 2.28. The average molecular weight is 274 g/mol. The molecule has 1 aliphatic rings. The van der Waals surface area contributed by atoms with Crippen LogP contribution in [0.25, 0.3) is 0 Å². The molecule has 0 bridgehead atoms. The molecule has 0 radical (unpaired) electrons. The molecule has 96 valence electrons. The molecule has 3 N–H and O–H groups in total. The first-order chi connectivity index (χ1) is 7.48. The molecular formula is C13H20ClNOS. The number of nitrogens with two attached hydrogens (primary N) is 1. The van der Waals surface area contributed by atoms with Crippen molar-refractivity contribution in [1.82, 2.24) is 0 Å². The van der Waals surface area contributed by atoms with Crippen LogP contribution in [0.2, 0.25) is 0 Å². The van der Waals surface area contributed by atoms with Gasteiger partial charge in [-0.15, -0.1) is 24.2 Å². The highest BCUT2D eigenvalue weighted by molar-refractivity contribution is 7.98.